The smallest absolute Gasteiger partial charge is 0.225 e. The highest BCUT2D eigenvalue weighted by molar-refractivity contribution is 14.0. The van der Waals surface area contributed by atoms with Crippen LogP contribution in [0.4, 0.5) is 0 Å². The van der Waals surface area contributed by atoms with E-state index in [1.165, 1.54) is 19.3 Å². The van der Waals surface area contributed by atoms with Crippen LogP contribution >= 0.6 is 24.0 Å². The van der Waals surface area contributed by atoms with Crippen molar-refractivity contribution < 1.29 is 14.3 Å². The maximum atomic E-state index is 12.8. The molecule has 0 radical (unpaired) electrons. The SMILES string of the molecule is CN=C(NCC(C)Oc1ccccc1OC)NC1CCN(C(=O)C2CCCCC2)C1.I. The molecule has 174 valence electrons. The van der Waals surface area contributed by atoms with Gasteiger partial charge in [0.15, 0.2) is 17.5 Å². The number of aliphatic imine (C=N–C) groups is 1. The van der Waals surface area contributed by atoms with Crippen LogP contribution in [-0.2, 0) is 4.79 Å². The van der Waals surface area contributed by atoms with Crippen molar-refractivity contribution in [2.24, 2.45) is 10.9 Å². The summed E-state index contributed by atoms with van der Waals surface area (Å²) in [6, 6.07) is 7.87. The van der Waals surface area contributed by atoms with Crippen LogP contribution in [0, 0.1) is 5.92 Å². The third kappa shape index (κ3) is 7.43. The molecule has 0 bridgehead atoms. The van der Waals surface area contributed by atoms with Crippen LogP contribution in [0.25, 0.3) is 0 Å². The Morgan fingerprint density at radius 2 is 1.90 bits per heavy atom. The van der Waals surface area contributed by atoms with Gasteiger partial charge in [-0.15, -0.1) is 24.0 Å². The highest BCUT2D eigenvalue weighted by Crippen LogP contribution is 2.27. The van der Waals surface area contributed by atoms with E-state index in [0.717, 1.165) is 49.8 Å². The van der Waals surface area contributed by atoms with Gasteiger partial charge in [-0.3, -0.25) is 9.79 Å². The molecule has 1 aromatic carbocycles. The number of methoxy groups -OCH3 is 1. The molecule has 2 N–H and O–H groups in total. The van der Waals surface area contributed by atoms with E-state index in [-0.39, 0.29) is 42.0 Å². The number of nitrogens with zero attached hydrogens (tertiary/aromatic N) is 2. The summed E-state index contributed by atoms with van der Waals surface area (Å²) < 4.78 is 11.3. The first kappa shape index (κ1) is 25.5. The Morgan fingerprint density at radius 1 is 1.19 bits per heavy atom. The number of hydrogen-bond donors (Lipinski definition) is 2. The lowest BCUT2D eigenvalue weighted by Crippen LogP contribution is -2.47. The summed E-state index contributed by atoms with van der Waals surface area (Å²) >= 11 is 0. The summed E-state index contributed by atoms with van der Waals surface area (Å²) in [4.78, 5) is 19.1. The minimum Gasteiger partial charge on any atom is -0.493 e. The molecular formula is C23H37IN4O3. The minimum atomic E-state index is -0.0622. The number of hydrogen-bond acceptors (Lipinski definition) is 4. The molecule has 1 aliphatic carbocycles. The first-order valence-electron chi connectivity index (χ1n) is 11.2. The van der Waals surface area contributed by atoms with Gasteiger partial charge in [0.05, 0.1) is 13.7 Å². The zero-order chi connectivity index (χ0) is 21.3. The summed E-state index contributed by atoms with van der Waals surface area (Å²) in [6.45, 7) is 4.20. The Bertz CT molecular complexity index is 725. The first-order valence-corrected chi connectivity index (χ1v) is 11.2. The van der Waals surface area contributed by atoms with Crippen molar-refractivity contribution in [3.05, 3.63) is 24.3 Å². The van der Waals surface area contributed by atoms with Gasteiger partial charge >= 0.3 is 0 Å². The summed E-state index contributed by atoms with van der Waals surface area (Å²) in [5.74, 6) is 2.77. The molecule has 1 heterocycles. The molecule has 1 saturated carbocycles. The summed E-state index contributed by atoms with van der Waals surface area (Å²) in [5, 5.41) is 6.79. The second-order valence-electron chi connectivity index (χ2n) is 8.28. The van der Waals surface area contributed by atoms with Crippen molar-refractivity contribution in [2.45, 2.75) is 57.6 Å². The van der Waals surface area contributed by atoms with Crippen molar-refractivity contribution in [3.8, 4) is 11.5 Å². The lowest BCUT2D eigenvalue weighted by Gasteiger charge is -2.26. The Morgan fingerprint density at radius 3 is 2.58 bits per heavy atom. The molecule has 0 spiro atoms. The van der Waals surface area contributed by atoms with Crippen LogP contribution in [0.2, 0.25) is 0 Å². The third-order valence-corrected chi connectivity index (χ3v) is 5.97. The number of nitrogens with one attached hydrogen (secondary N) is 2. The van der Waals surface area contributed by atoms with E-state index in [1.54, 1.807) is 14.2 Å². The van der Waals surface area contributed by atoms with Gasteiger partial charge < -0.3 is 25.0 Å². The Balaban J connectivity index is 0.00000341. The molecule has 1 aromatic rings. The van der Waals surface area contributed by atoms with E-state index >= 15 is 0 Å². The van der Waals surface area contributed by atoms with Gasteiger partial charge in [-0.05, 0) is 38.3 Å². The van der Waals surface area contributed by atoms with Gasteiger partial charge in [0.1, 0.15) is 6.10 Å². The number of guanidine groups is 1. The van der Waals surface area contributed by atoms with Gasteiger partial charge in [0, 0.05) is 32.1 Å². The predicted octanol–water partition coefficient (Wildman–Crippen LogP) is 3.43. The highest BCUT2D eigenvalue weighted by atomic mass is 127. The van der Waals surface area contributed by atoms with Crippen LogP contribution in [0.5, 0.6) is 11.5 Å². The molecule has 2 aliphatic rings. The van der Waals surface area contributed by atoms with Gasteiger partial charge in [-0.2, -0.15) is 0 Å². The molecule has 1 saturated heterocycles. The molecule has 1 aliphatic heterocycles. The first-order chi connectivity index (χ1) is 14.6. The number of ether oxygens (including phenoxy) is 2. The van der Waals surface area contributed by atoms with Crippen molar-refractivity contribution >= 4 is 35.8 Å². The second-order valence-corrected chi connectivity index (χ2v) is 8.28. The van der Waals surface area contributed by atoms with Crippen LogP contribution in [0.3, 0.4) is 0 Å². The van der Waals surface area contributed by atoms with E-state index in [0.29, 0.717) is 12.5 Å². The lowest BCUT2D eigenvalue weighted by atomic mass is 9.88. The largest absolute Gasteiger partial charge is 0.493 e. The van der Waals surface area contributed by atoms with Crippen LogP contribution < -0.4 is 20.1 Å². The third-order valence-electron chi connectivity index (χ3n) is 5.97. The van der Waals surface area contributed by atoms with Crippen LogP contribution in [-0.4, -0.2) is 62.7 Å². The molecule has 3 rings (SSSR count). The zero-order valence-electron chi connectivity index (χ0n) is 18.9. The van der Waals surface area contributed by atoms with Crippen molar-refractivity contribution in [1.82, 2.24) is 15.5 Å². The second kappa shape index (κ2) is 13.0. The van der Waals surface area contributed by atoms with Crippen LogP contribution in [0.1, 0.15) is 45.4 Å². The van der Waals surface area contributed by atoms with Gasteiger partial charge in [-0.25, -0.2) is 0 Å². The average Bonchev–Trinajstić information content (AvgIpc) is 3.25. The molecule has 31 heavy (non-hydrogen) atoms. The number of para-hydroxylation sites is 2. The number of amides is 1. The average molecular weight is 544 g/mol. The normalized spacial score (nSPS) is 20.5. The molecular weight excluding hydrogens is 507 g/mol. The fraction of sp³-hybridized carbons (Fsp3) is 0.652. The quantitative estimate of drug-likeness (QED) is 0.313. The van der Waals surface area contributed by atoms with E-state index in [9.17, 15) is 4.79 Å². The van der Waals surface area contributed by atoms with Crippen molar-refractivity contribution in [1.29, 1.82) is 0 Å². The maximum Gasteiger partial charge on any atom is 0.225 e. The Hall–Kier alpha value is -1.71. The zero-order valence-corrected chi connectivity index (χ0v) is 21.3. The number of likely N-dealkylation sites (tertiary alicyclic amines) is 1. The molecule has 2 unspecified atom stereocenters. The number of benzene rings is 1. The summed E-state index contributed by atoms with van der Waals surface area (Å²) in [7, 11) is 3.40. The van der Waals surface area contributed by atoms with E-state index in [4.69, 9.17) is 9.47 Å². The topological polar surface area (TPSA) is 75.2 Å². The Labute approximate surface area is 203 Å². The van der Waals surface area contributed by atoms with Crippen molar-refractivity contribution in [3.63, 3.8) is 0 Å². The van der Waals surface area contributed by atoms with E-state index < -0.39 is 0 Å². The molecule has 1 amide bonds. The molecule has 2 fully saturated rings. The summed E-state index contributed by atoms with van der Waals surface area (Å²) in [6.07, 6.45) is 6.66. The minimum absolute atomic E-state index is 0. The van der Waals surface area contributed by atoms with Gasteiger partial charge in [0.2, 0.25) is 5.91 Å². The van der Waals surface area contributed by atoms with Crippen molar-refractivity contribution in [2.75, 3.05) is 33.8 Å². The van der Waals surface area contributed by atoms with Crippen LogP contribution in [0.15, 0.2) is 29.3 Å². The fourth-order valence-corrected chi connectivity index (χ4v) is 4.29. The maximum absolute atomic E-state index is 12.8. The number of rotatable bonds is 7. The number of halogens is 1. The molecule has 7 nitrogen and oxygen atoms in total. The van der Waals surface area contributed by atoms with E-state index in [2.05, 4.69) is 15.6 Å². The monoisotopic (exact) mass is 544 g/mol. The fourth-order valence-electron chi connectivity index (χ4n) is 4.29. The van der Waals surface area contributed by atoms with E-state index in [1.807, 2.05) is 36.1 Å². The molecule has 0 aromatic heterocycles. The molecule has 2 atom stereocenters. The standard InChI is InChI=1S/C23H36N4O3.HI/c1-17(30-21-12-8-7-11-20(21)29-3)15-25-23(24-2)26-19-13-14-27(16-19)22(28)18-9-5-4-6-10-18;/h7-8,11-12,17-19H,4-6,9-10,13-16H2,1-3H3,(H2,24,25,26);1H. The van der Waals surface area contributed by atoms with Gasteiger partial charge in [0.25, 0.3) is 0 Å². The molecule has 8 heteroatoms. The Kier molecular flexibility index (Phi) is 10.7. The highest BCUT2D eigenvalue weighted by Gasteiger charge is 2.31. The predicted molar refractivity (Wildman–Crippen MR) is 135 cm³/mol. The lowest BCUT2D eigenvalue weighted by molar-refractivity contribution is -0.135. The number of carbonyl (C=O) groups is 1. The summed E-state index contributed by atoms with van der Waals surface area (Å²) in [5.41, 5.74) is 0. The van der Waals surface area contributed by atoms with Gasteiger partial charge in [-0.1, -0.05) is 31.4 Å². The number of carbonyl (C=O) groups excluding carboxylic acids is 1.